The molecule has 1 saturated heterocycles. The van der Waals surface area contributed by atoms with Gasteiger partial charge in [0.15, 0.2) is 0 Å². The Hall–Kier alpha value is -2.53. The number of benzene rings is 1. The van der Waals surface area contributed by atoms with Crippen molar-refractivity contribution in [1.29, 1.82) is 0 Å². The number of aliphatic hydroxyl groups excluding tert-OH is 1. The highest BCUT2D eigenvalue weighted by atomic mass is 16.5. The van der Waals surface area contributed by atoms with E-state index in [1.54, 1.807) is 21.1 Å². The van der Waals surface area contributed by atoms with Gasteiger partial charge in [-0.15, -0.1) is 0 Å². The van der Waals surface area contributed by atoms with Gasteiger partial charge in [0.25, 0.3) is 0 Å². The highest BCUT2D eigenvalue weighted by Crippen LogP contribution is 2.28. The first kappa shape index (κ1) is 34.7. The van der Waals surface area contributed by atoms with Crippen LogP contribution in [0.15, 0.2) is 30.3 Å². The first-order valence-corrected chi connectivity index (χ1v) is 15.0. The summed E-state index contributed by atoms with van der Waals surface area (Å²) in [6.07, 6.45) is 2.73. The van der Waals surface area contributed by atoms with E-state index in [0.717, 1.165) is 24.8 Å². The van der Waals surface area contributed by atoms with Crippen LogP contribution in [0.4, 0.5) is 0 Å². The lowest BCUT2D eigenvalue weighted by Gasteiger charge is -2.36. The quantitative estimate of drug-likeness (QED) is 0.197. The van der Waals surface area contributed by atoms with E-state index in [1.807, 2.05) is 42.3 Å². The van der Waals surface area contributed by atoms with Crippen LogP contribution in [0.5, 0.6) is 0 Å². The molecule has 0 unspecified atom stereocenters. The molecule has 0 bridgehead atoms. The Kier molecular flexibility index (Phi) is 15.3. The molecule has 1 fully saturated rings. The van der Waals surface area contributed by atoms with E-state index < -0.39 is 18.1 Å². The number of likely N-dealkylation sites (tertiary alicyclic amines) is 1. The Bertz CT molecular complexity index is 932. The number of nitrogens with one attached hydrogen (secondary N) is 3. The molecular weight excluding hydrogens is 524 g/mol. The number of hydrogen-bond acceptors (Lipinski definition) is 7. The van der Waals surface area contributed by atoms with Crippen molar-refractivity contribution in [3.63, 3.8) is 0 Å². The van der Waals surface area contributed by atoms with Crippen molar-refractivity contribution in [3.8, 4) is 0 Å². The molecule has 1 aromatic rings. The molecule has 4 N–H and O–H groups in total. The molecule has 0 saturated carbocycles. The van der Waals surface area contributed by atoms with Crippen LogP contribution in [0.25, 0.3) is 0 Å². The second kappa shape index (κ2) is 18.1. The minimum atomic E-state index is -0.786. The molecular formula is C31H52N4O6. The van der Waals surface area contributed by atoms with Gasteiger partial charge in [0.1, 0.15) is 6.04 Å². The van der Waals surface area contributed by atoms with Crippen molar-refractivity contribution in [3.05, 3.63) is 35.9 Å². The molecule has 1 aliphatic rings. The van der Waals surface area contributed by atoms with Crippen molar-refractivity contribution in [2.45, 2.75) is 89.6 Å². The summed E-state index contributed by atoms with van der Waals surface area (Å²) < 4.78 is 11.6. The minimum Gasteiger partial charge on any atom is -0.396 e. The number of carbonyl (C=O) groups is 3. The Balaban J connectivity index is 2.14. The molecule has 10 heteroatoms. The van der Waals surface area contributed by atoms with E-state index in [2.05, 4.69) is 29.8 Å². The van der Waals surface area contributed by atoms with Crippen LogP contribution in [0.2, 0.25) is 0 Å². The lowest BCUT2D eigenvalue weighted by Crippen LogP contribution is -2.54. The molecule has 3 amide bonds. The van der Waals surface area contributed by atoms with E-state index in [1.165, 1.54) is 0 Å². The SMILES string of the molecule is CC[C@H](C)[C@H](NC)[C@@H](CC(=O)N1CCC[C@H]1[C@H](OC)[C@@H](C)C(=O)N[C@@H](Cc1ccccc1)C(=O)NCCCO)OC. The third-order valence-electron chi connectivity index (χ3n) is 8.40. The predicted molar refractivity (Wildman–Crippen MR) is 159 cm³/mol. The standard InChI is InChI=1S/C31H52N4O6/c1-7-21(2)28(32-4)26(40-5)20-27(37)35-17-11-15-25(35)29(41-6)22(3)30(38)34-24(31(39)33-16-12-18-36)19-23-13-9-8-10-14-23/h8-10,13-14,21-22,24-26,28-29,32,36H,7,11-12,15-20H2,1-6H3,(H,33,39)(H,34,38)/t21-,22+,24-,25-,26+,28-,29+/m0/s1. The average Bonchev–Trinajstić information content (AvgIpc) is 3.47. The normalized spacial score (nSPS) is 19.6. The molecule has 10 nitrogen and oxygen atoms in total. The number of ether oxygens (including phenoxy) is 2. The molecule has 2 rings (SSSR count). The fourth-order valence-electron chi connectivity index (χ4n) is 5.80. The Morgan fingerprint density at radius 2 is 1.80 bits per heavy atom. The number of hydrogen-bond donors (Lipinski definition) is 4. The third kappa shape index (κ3) is 10.1. The first-order chi connectivity index (χ1) is 19.7. The minimum absolute atomic E-state index is 0.0113. The lowest BCUT2D eigenvalue weighted by atomic mass is 9.91. The van der Waals surface area contributed by atoms with Gasteiger partial charge in [0.05, 0.1) is 30.6 Å². The second-order valence-corrected chi connectivity index (χ2v) is 11.1. The maximum Gasteiger partial charge on any atom is 0.242 e. The van der Waals surface area contributed by atoms with Gasteiger partial charge in [-0.1, -0.05) is 57.5 Å². The van der Waals surface area contributed by atoms with E-state index in [-0.39, 0.29) is 48.9 Å². The summed E-state index contributed by atoms with van der Waals surface area (Å²) in [6, 6.07) is 8.51. The molecule has 1 heterocycles. The van der Waals surface area contributed by atoms with Crippen molar-refractivity contribution in [2.24, 2.45) is 11.8 Å². The molecule has 1 aromatic carbocycles. The fraction of sp³-hybridized carbons (Fsp3) is 0.710. The van der Waals surface area contributed by atoms with E-state index >= 15 is 0 Å². The van der Waals surface area contributed by atoms with Crippen molar-refractivity contribution >= 4 is 17.7 Å². The summed E-state index contributed by atoms with van der Waals surface area (Å²) in [5, 5.41) is 18.1. The summed E-state index contributed by atoms with van der Waals surface area (Å²) >= 11 is 0. The first-order valence-electron chi connectivity index (χ1n) is 15.0. The Morgan fingerprint density at radius 1 is 1.10 bits per heavy atom. The van der Waals surface area contributed by atoms with Gasteiger partial charge in [-0.25, -0.2) is 0 Å². The smallest absolute Gasteiger partial charge is 0.242 e. The summed E-state index contributed by atoms with van der Waals surface area (Å²) in [5.74, 6) is -0.892. The summed E-state index contributed by atoms with van der Waals surface area (Å²) in [5.41, 5.74) is 0.920. The summed E-state index contributed by atoms with van der Waals surface area (Å²) in [6.45, 7) is 6.95. The number of rotatable bonds is 18. The van der Waals surface area contributed by atoms with Gasteiger partial charge in [-0.05, 0) is 37.8 Å². The zero-order valence-corrected chi connectivity index (χ0v) is 25.7. The summed E-state index contributed by atoms with van der Waals surface area (Å²) in [4.78, 5) is 41.9. The number of amides is 3. The molecule has 232 valence electrons. The van der Waals surface area contributed by atoms with E-state index in [0.29, 0.717) is 31.8 Å². The average molecular weight is 577 g/mol. The van der Waals surface area contributed by atoms with Crippen LogP contribution in [-0.2, 0) is 30.3 Å². The zero-order chi connectivity index (χ0) is 30.4. The van der Waals surface area contributed by atoms with Crippen LogP contribution < -0.4 is 16.0 Å². The van der Waals surface area contributed by atoms with Gasteiger partial charge in [-0.2, -0.15) is 0 Å². The maximum absolute atomic E-state index is 13.6. The number of methoxy groups -OCH3 is 2. The van der Waals surface area contributed by atoms with Gasteiger partial charge >= 0.3 is 0 Å². The predicted octanol–water partition coefficient (Wildman–Crippen LogP) is 1.89. The number of aliphatic hydroxyl groups is 1. The topological polar surface area (TPSA) is 129 Å². The van der Waals surface area contributed by atoms with Crippen molar-refractivity contribution in [2.75, 3.05) is 41.0 Å². The molecule has 0 radical (unpaired) electrons. The molecule has 1 aliphatic heterocycles. The van der Waals surface area contributed by atoms with Crippen LogP contribution in [0.3, 0.4) is 0 Å². The van der Waals surface area contributed by atoms with Crippen molar-refractivity contribution < 1.29 is 29.0 Å². The van der Waals surface area contributed by atoms with Gasteiger partial charge in [-0.3, -0.25) is 14.4 Å². The van der Waals surface area contributed by atoms with E-state index in [4.69, 9.17) is 14.6 Å². The Labute approximate surface area is 245 Å². The maximum atomic E-state index is 13.6. The lowest BCUT2D eigenvalue weighted by molar-refractivity contribution is -0.142. The molecule has 0 spiro atoms. The van der Waals surface area contributed by atoms with Gasteiger partial charge in [0.2, 0.25) is 17.7 Å². The van der Waals surface area contributed by atoms with Crippen molar-refractivity contribution in [1.82, 2.24) is 20.9 Å². The second-order valence-electron chi connectivity index (χ2n) is 11.1. The number of likely N-dealkylation sites (N-methyl/N-ethyl adjacent to an activating group) is 1. The third-order valence-corrected chi connectivity index (χ3v) is 8.40. The van der Waals surface area contributed by atoms with Crippen LogP contribution in [0, 0.1) is 11.8 Å². The molecule has 7 atom stereocenters. The monoisotopic (exact) mass is 576 g/mol. The zero-order valence-electron chi connectivity index (χ0n) is 25.7. The molecule has 0 aliphatic carbocycles. The van der Waals surface area contributed by atoms with Crippen LogP contribution in [-0.4, -0.2) is 99.0 Å². The molecule has 0 aromatic heterocycles. The van der Waals surface area contributed by atoms with E-state index in [9.17, 15) is 14.4 Å². The largest absolute Gasteiger partial charge is 0.396 e. The molecule has 41 heavy (non-hydrogen) atoms. The highest BCUT2D eigenvalue weighted by Gasteiger charge is 2.41. The van der Waals surface area contributed by atoms with Gasteiger partial charge in [0, 0.05) is 46.4 Å². The Morgan fingerprint density at radius 3 is 2.39 bits per heavy atom. The summed E-state index contributed by atoms with van der Waals surface area (Å²) in [7, 11) is 5.10. The van der Waals surface area contributed by atoms with Gasteiger partial charge < -0.3 is 35.4 Å². The number of carbonyl (C=O) groups excluding carboxylic acids is 3. The number of nitrogens with zero attached hydrogens (tertiary/aromatic N) is 1. The van der Waals surface area contributed by atoms with Crippen LogP contribution >= 0.6 is 0 Å². The van der Waals surface area contributed by atoms with Crippen LogP contribution in [0.1, 0.15) is 58.4 Å². The highest BCUT2D eigenvalue weighted by molar-refractivity contribution is 5.89. The fourth-order valence-corrected chi connectivity index (χ4v) is 5.80.